The number of hydrogen-bond acceptors (Lipinski definition) is 20. The number of aromatic nitrogens is 1. The molecule has 12 amide bonds. The van der Waals surface area contributed by atoms with Crippen LogP contribution in [0.2, 0.25) is 0 Å². The topological polar surface area (TPSA) is 450 Å². The molecular formula is C94H122N14O18S. The highest BCUT2D eigenvalue weighted by atomic mass is 32.2. The van der Waals surface area contributed by atoms with Gasteiger partial charge in [0.1, 0.15) is 72.5 Å². The number of carbonyl (C=O) groups is 16. The van der Waals surface area contributed by atoms with Crippen molar-refractivity contribution >= 4 is 117 Å². The van der Waals surface area contributed by atoms with Crippen molar-refractivity contribution in [1.82, 2.24) is 61.0 Å². The third-order valence-electron chi connectivity index (χ3n) is 23.9. The number of phenolic OH excluding ortho intramolecular Hbond substituents is 1. The Labute approximate surface area is 745 Å². The Morgan fingerprint density at radius 1 is 0.575 bits per heavy atom. The van der Waals surface area contributed by atoms with E-state index in [4.69, 9.17) is 16.2 Å². The summed E-state index contributed by atoms with van der Waals surface area (Å²) in [5.74, 6) is -15.2. The highest BCUT2D eigenvalue weighted by molar-refractivity contribution is 8.00. The van der Waals surface area contributed by atoms with Crippen molar-refractivity contribution in [3.05, 3.63) is 174 Å². The number of Topliss-reactive ketones (excluding diaryl/α,β-unsaturated/α-hetero) is 3. The maximum atomic E-state index is 15.8. The number of fused-ring (bicyclic) bond motifs is 3. The molecule has 3 saturated heterocycles. The number of para-hydroxylation sites is 1. The van der Waals surface area contributed by atoms with Gasteiger partial charge in [-0.1, -0.05) is 169 Å². The molecule has 33 heteroatoms. The van der Waals surface area contributed by atoms with Crippen LogP contribution in [0.25, 0.3) is 10.9 Å². The van der Waals surface area contributed by atoms with Gasteiger partial charge < -0.3 is 82.3 Å². The van der Waals surface area contributed by atoms with Crippen LogP contribution in [-0.4, -0.2) is 267 Å². The number of nitrogens with one attached hydrogen (secondary N) is 6. The number of carbonyl (C=O) groups excluding carboxylic acids is 16. The monoisotopic (exact) mass is 1770 g/mol. The van der Waals surface area contributed by atoms with Gasteiger partial charge in [0.25, 0.3) is 6.47 Å². The van der Waals surface area contributed by atoms with E-state index in [0.29, 0.717) is 58.0 Å². The van der Waals surface area contributed by atoms with Crippen molar-refractivity contribution in [3.63, 3.8) is 0 Å². The lowest BCUT2D eigenvalue weighted by Crippen LogP contribution is -2.60. The van der Waals surface area contributed by atoms with E-state index < -0.39 is 217 Å². The number of nitrogens with two attached hydrogens (primary N) is 2. The predicted molar refractivity (Wildman–Crippen MR) is 477 cm³/mol. The number of benzene rings is 5. The Balaban J connectivity index is 1.11. The van der Waals surface area contributed by atoms with Crippen molar-refractivity contribution < 1.29 is 86.6 Å². The first kappa shape index (κ1) is 98.7. The average Bonchev–Trinajstić information content (AvgIpc) is 1.67. The molecule has 9 rings (SSSR count). The number of rotatable bonds is 23. The molecule has 1 aromatic heterocycles. The molecule has 13 atom stereocenters. The summed E-state index contributed by atoms with van der Waals surface area (Å²) < 4.78 is 5.17. The van der Waals surface area contributed by atoms with Crippen molar-refractivity contribution in [2.75, 3.05) is 65.9 Å². The second-order valence-corrected chi connectivity index (χ2v) is 35.3. The fraction of sp³-hybridized carbons (Fsp3) is 0.489. The Bertz CT molecular complexity index is 4850. The van der Waals surface area contributed by atoms with Gasteiger partial charge in [-0.3, -0.25) is 76.7 Å². The van der Waals surface area contributed by atoms with Gasteiger partial charge in [-0.05, 0) is 90.0 Å². The smallest absolute Gasteiger partial charge is 0.293 e. The summed E-state index contributed by atoms with van der Waals surface area (Å²) in [7, 11) is 5.61. The van der Waals surface area contributed by atoms with Gasteiger partial charge in [-0.25, -0.2) is 0 Å². The number of amides is 12. The number of unbranched alkanes of at least 4 members (excludes halogenated alkanes) is 1. The van der Waals surface area contributed by atoms with Gasteiger partial charge in [-0.15, -0.1) is 11.8 Å². The van der Waals surface area contributed by atoms with E-state index in [1.54, 1.807) is 131 Å². The maximum absolute atomic E-state index is 15.8. The summed E-state index contributed by atoms with van der Waals surface area (Å²) in [5.41, 5.74) is 15.8. The number of primary amides is 1. The van der Waals surface area contributed by atoms with Crippen LogP contribution in [0.15, 0.2) is 146 Å². The minimum absolute atomic E-state index is 0.0321. The minimum atomic E-state index is -1.55. The number of aromatic hydroxyl groups is 1. The van der Waals surface area contributed by atoms with Crippen LogP contribution in [0, 0.1) is 23.7 Å². The third kappa shape index (κ3) is 27.7. The van der Waals surface area contributed by atoms with Crippen molar-refractivity contribution in [1.29, 1.82) is 0 Å². The number of H-pyrrole nitrogens is 1. The normalized spacial score (nSPS) is 24.3. The van der Waals surface area contributed by atoms with Crippen molar-refractivity contribution in [2.24, 2.45) is 35.1 Å². The number of thioether (sulfide) groups is 1. The molecule has 127 heavy (non-hydrogen) atoms. The lowest BCUT2D eigenvalue weighted by atomic mass is 9.84. The summed E-state index contributed by atoms with van der Waals surface area (Å²) in [6, 6.07) is 24.9. The number of likely N-dealkylation sites (N-methyl/N-ethyl adjacent to an activating group) is 4. The number of aromatic amines is 1. The Hall–Kier alpha value is -12.1. The molecule has 32 nitrogen and oxygen atoms in total. The average molecular weight is 1770 g/mol. The van der Waals surface area contributed by atoms with Gasteiger partial charge in [0.15, 0.2) is 11.6 Å². The van der Waals surface area contributed by atoms with Gasteiger partial charge in [0.05, 0.1) is 24.3 Å². The maximum Gasteiger partial charge on any atom is 0.293 e. The summed E-state index contributed by atoms with van der Waals surface area (Å²) in [5, 5.41) is 25.3. The van der Waals surface area contributed by atoms with Gasteiger partial charge in [0.2, 0.25) is 70.9 Å². The van der Waals surface area contributed by atoms with Crippen LogP contribution in [0.5, 0.6) is 5.75 Å². The Kier molecular flexibility index (Phi) is 36.9. The lowest BCUT2D eigenvalue weighted by molar-refractivity contribution is -0.153. The Morgan fingerprint density at radius 3 is 1.73 bits per heavy atom. The van der Waals surface area contributed by atoms with E-state index in [2.05, 4.69) is 31.6 Å². The first-order valence-electron chi connectivity index (χ1n) is 43.5. The zero-order chi connectivity index (χ0) is 92.3. The van der Waals surface area contributed by atoms with Gasteiger partial charge >= 0.3 is 0 Å². The molecule has 4 heterocycles. The number of hydrogen-bond donors (Lipinski definition) is 9. The minimum Gasteiger partial charge on any atom is -0.508 e. The molecule has 5 aromatic carbocycles. The molecule has 3 aliphatic rings. The first-order chi connectivity index (χ1) is 60.6. The largest absolute Gasteiger partial charge is 0.508 e. The Morgan fingerprint density at radius 2 is 1.13 bits per heavy atom. The summed E-state index contributed by atoms with van der Waals surface area (Å²) in [4.78, 5) is 247. The molecule has 0 aliphatic carbocycles. The number of ketones is 3. The standard InChI is InChI=1S/C94H122N14O18S/c1-10-11-32-77-91(122)103(6)52-67(111)46-64(53-126-56-109)82(113)49-69(58(4)5)89(120)105(8)79(45-61-28-19-14-20-29-61)93(124)108-51-65(95)48-80(108)94(125)107-40-23-33-76(107)88(119)101-73(47-63-50-97-70-31-22-21-30-68(63)70)87(118)100-72(42-62-34-36-66(110)37-35-62)86(117)99-71(41-57(2)3)85(116)102-75(81(112)38-39-83(96)114)54-127-55-84(115)98-74(43-59-24-15-12-16-25-59)90(121)106(9)78(92(123)104(77)7)44-60-26-17-13-18-27-60/h12-22,24-31,34-37,50,56-58,64-65,69,71-80,97,110H,10-11,23,32-33,38-49,51-55,95H2,1-9H3,(H2,96,114)(H,98,115)(H,99,117)(H,100,118)(H,101,119)(H,102,116)/t64-,65+,69-,71-,72-,73-,74-,75-,76+,77-,78-,79-,80-/m0/s1. The zero-order valence-corrected chi connectivity index (χ0v) is 74.6. The SMILES string of the molecule is CCCC[C@H]1C(=O)N(C)CC(=O)C[C@@H](COC=O)C(=O)C[C@@H](C(C)C)C(=O)N(C)[C@@H](Cc2ccccc2)C(=O)N2C[C@H](N)C[C@H]2C(=O)N2CCC[C@@H]2C(=O)N[C@@H](Cc2c[nH]c3ccccc23)C(=O)N[C@@H](Cc2ccc(O)cc2)C(=O)N[C@@H](CC(C)C)C(=O)N[C@H](C(=O)CCC(N)=O)CSCC(=O)N[C@@H](Cc2ccccc2)C(=O)N(C)[C@@H](Cc2ccccc2)C(=O)N1C. The summed E-state index contributed by atoms with van der Waals surface area (Å²) >= 11 is 0.893. The zero-order valence-electron chi connectivity index (χ0n) is 73.8. The number of ether oxygens (including phenoxy) is 1. The van der Waals surface area contributed by atoms with Gasteiger partial charge in [0, 0.05) is 134 Å². The predicted octanol–water partition coefficient (Wildman–Crippen LogP) is 4.47. The fourth-order valence-electron chi connectivity index (χ4n) is 16.7. The van der Waals surface area contributed by atoms with E-state index in [1.165, 1.54) is 77.0 Å². The van der Waals surface area contributed by atoms with E-state index in [0.717, 1.165) is 16.7 Å². The van der Waals surface area contributed by atoms with E-state index in [1.807, 2.05) is 25.1 Å². The fourth-order valence-corrected chi connectivity index (χ4v) is 17.6. The van der Waals surface area contributed by atoms with Gasteiger partial charge in [-0.2, -0.15) is 0 Å². The molecule has 3 aliphatic heterocycles. The van der Waals surface area contributed by atoms with Crippen LogP contribution in [-0.2, 0) is 114 Å². The third-order valence-corrected chi connectivity index (χ3v) is 24.9. The molecule has 11 N–H and O–H groups in total. The molecule has 0 bridgehead atoms. The van der Waals surface area contributed by atoms with Crippen molar-refractivity contribution in [3.8, 4) is 5.75 Å². The first-order valence-corrected chi connectivity index (χ1v) is 44.7. The second kappa shape index (κ2) is 47.4. The lowest BCUT2D eigenvalue weighted by Gasteiger charge is -2.37. The molecule has 0 unspecified atom stereocenters. The molecule has 0 spiro atoms. The summed E-state index contributed by atoms with van der Waals surface area (Å²) in [6.07, 6.45) is 0.409. The van der Waals surface area contributed by atoms with Crippen LogP contribution in [0.3, 0.4) is 0 Å². The number of phenols is 1. The highest BCUT2D eigenvalue weighted by Crippen LogP contribution is 2.31. The van der Waals surface area contributed by atoms with E-state index in [-0.39, 0.29) is 94.8 Å². The number of nitrogens with zero attached hydrogens (tertiary/aromatic N) is 6. The molecule has 6 aromatic rings. The molecule has 3 fully saturated rings. The highest BCUT2D eigenvalue weighted by Gasteiger charge is 2.49. The quantitative estimate of drug-likeness (QED) is 0.0400. The van der Waals surface area contributed by atoms with E-state index >= 15 is 47.9 Å². The van der Waals surface area contributed by atoms with E-state index in [9.17, 15) is 33.9 Å². The molecular weight excluding hydrogens is 1650 g/mol. The van der Waals surface area contributed by atoms with Crippen LogP contribution in [0.1, 0.15) is 133 Å². The van der Waals surface area contributed by atoms with Crippen LogP contribution >= 0.6 is 11.8 Å². The molecule has 0 radical (unpaired) electrons. The summed E-state index contributed by atoms with van der Waals surface area (Å²) in [6.45, 7) is 7.67. The molecule has 0 saturated carbocycles. The van der Waals surface area contributed by atoms with Crippen LogP contribution < -0.4 is 38.1 Å². The molecule has 682 valence electrons. The van der Waals surface area contributed by atoms with Crippen molar-refractivity contribution in [2.45, 2.75) is 204 Å². The second-order valence-electron chi connectivity index (χ2n) is 34.3. The van der Waals surface area contributed by atoms with Crippen LogP contribution in [0.4, 0.5) is 0 Å².